The van der Waals surface area contributed by atoms with E-state index < -0.39 is 0 Å². The largest absolute Gasteiger partial charge is 0.372 e. The van der Waals surface area contributed by atoms with Crippen molar-refractivity contribution in [2.24, 2.45) is 5.73 Å². The van der Waals surface area contributed by atoms with Crippen LogP contribution in [-0.4, -0.2) is 56.5 Å². The summed E-state index contributed by atoms with van der Waals surface area (Å²) in [5.74, 6) is 0. The summed E-state index contributed by atoms with van der Waals surface area (Å²) < 4.78 is 11.2. The van der Waals surface area contributed by atoms with Crippen LogP contribution in [0.25, 0.3) is 0 Å². The van der Waals surface area contributed by atoms with Crippen LogP contribution in [0.4, 0.5) is 0 Å². The second kappa shape index (κ2) is 3.30. The molecule has 2 saturated heterocycles. The molecule has 0 aromatic rings. The number of hydrogen-bond donors (Lipinski definition) is 1. The number of rotatable bonds is 0. The van der Waals surface area contributed by atoms with Crippen molar-refractivity contribution >= 4 is 0 Å². The van der Waals surface area contributed by atoms with E-state index in [2.05, 4.69) is 11.9 Å². The van der Waals surface area contributed by atoms with Gasteiger partial charge in [0.15, 0.2) is 0 Å². The van der Waals surface area contributed by atoms with Crippen molar-refractivity contribution in [3.05, 3.63) is 0 Å². The van der Waals surface area contributed by atoms with Gasteiger partial charge in [0, 0.05) is 13.1 Å². The summed E-state index contributed by atoms with van der Waals surface area (Å²) >= 11 is 0. The molecule has 0 spiro atoms. The van der Waals surface area contributed by atoms with E-state index >= 15 is 0 Å². The number of nitrogens with two attached hydrogens (primary N) is 1. The molecule has 0 saturated carbocycles. The maximum Gasteiger partial charge on any atom is 0.0976 e. The first-order valence-electron chi connectivity index (χ1n) is 4.43. The van der Waals surface area contributed by atoms with Crippen LogP contribution in [0.2, 0.25) is 0 Å². The van der Waals surface area contributed by atoms with E-state index in [0.717, 1.165) is 13.1 Å². The first-order valence-corrected chi connectivity index (χ1v) is 4.43. The van der Waals surface area contributed by atoms with Crippen molar-refractivity contribution in [1.82, 2.24) is 4.90 Å². The van der Waals surface area contributed by atoms with Gasteiger partial charge in [0.2, 0.25) is 0 Å². The normalized spacial score (nSPS) is 39.5. The molecular weight excluding hydrogens is 156 g/mol. The molecule has 0 aromatic heterocycles. The Hall–Kier alpha value is -0.160. The number of likely N-dealkylation sites (N-methyl/N-ethyl adjacent to an activating group) is 1. The third-order valence-corrected chi connectivity index (χ3v) is 2.45. The SMILES string of the molecule is CN1C[C@@H]2OCC(N)CO[C@H]2C1. The molecule has 4 heteroatoms. The Morgan fingerprint density at radius 1 is 1.17 bits per heavy atom. The fourth-order valence-electron chi connectivity index (χ4n) is 1.79. The van der Waals surface area contributed by atoms with Gasteiger partial charge in [-0.3, -0.25) is 0 Å². The minimum absolute atomic E-state index is 0.0564. The molecule has 0 aliphatic carbocycles. The fraction of sp³-hybridized carbons (Fsp3) is 1.00. The molecule has 70 valence electrons. The van der Waals surface area contributed by atoms with E-state index in [1.54, 1.807) is 0 Å². The van der Waals surface area contributed by atoms with Crippen LogP contribution in [0.1, 0.15) is 0 Å². The molecule has 0 radical (unpaired) electrons. The van der Waals surface area contributed by atoms with Gasteiger partial charge in [-0.1, -0.05) is 0 Å². The summed E-state index contributed by atoms with van der Waals surface area (Å²) in [5, 5.41) is 0. The summed E-state index contributed by atoms with van der Waals surface area (Å²) in [7, 11) is 2.08. The fourth-order valence-corrected chi connectivity index (χ4v) is 1.79. The van der Waals surface area contributed by atoms with Gasteiger partial charge in [-0.15, -0.1) is 0 Å². The van der Waals surface area contributed by atoms with Crippen molar-refractivity contribution in [3.63, 3.8) is 0 Å². The summed E-state index contributed by atoms with van der Waals surface area (Å²) in [5.41, 5.74) is 5.71. The Morgan fingerprint density at radius 2 is 1.67 bits per heavy atom. The second-order valence-corrected chi connectivity index (χ2v) is 3.72. The molecule has 2 aliphatic heterocycles. The summed E-state index contributed by atoms with van der Waals surface area (Å²) in [6.45, 7) is 3.21. The number of ether oxygens (including phenoxy) is 2. The van der Waals surface area contributed by atoms with E-state index in [4.69, 9.17) is 15.2 Å². The van der Waals surface area contributed by atoms with Crippen LogP contribution in [0.3, 0.4) is 0 Å². The van der Waals surface area contributed by atoms with E-state index in [0.29, 0.717) is 13.2 Å². The topological polar surface area (TPSA) is 47.7 Å². The Kier molecular flexibility index (Phi) is 2.32. The van der Waals surface area contributed by atoms with Crippen molar-refractivity contribution in [2.45, 2.75) is 18.2 Å². The highest BCUT2D eigenvalue weighted by Crippen LogP contribution is 2.17. The predicted molar refractivity (Wildman–Crippen MR) is 45.0 cm³/mol. The highest BCUT2D eigenvalue weighted by molar-refractivity contribution is 4.86. The molecular formula is C8H16N2O2. The smallest absolute Gasteiger partial charge is 0.0976 e. The highest BCUT2D eigenvalue weighted by atomic mass is 16.6. The Balaban J connectivity index is 1.95. The van der Waals surface area contributed by atoms with Crippen LogP contribution in [0.15, 0.2) is 0 Å². The molecule has 2 rings (SSSR count). The molecule has 2 fully saturated rings. The summed E-state index contributed by atoms with van der Waals surface area (Å²) in [6, 6.07) is 0.0564. The highest BCUT2D eigenvalue weighted by Gasteiger charge is 2.34. The van der Waals surface area contributed by atoms with Gasteiger partial charge in [0.05, 0.1) is 31.5 Å². The molecule has 12 heavy (non-hydrogen) atoms. The van der Waals surface area contributed by atoms with Crippen LogP contribution < -0.4 is 5.73 Å². The lowest BCUT2D eigenvalue weighted by Crippen LogP contribution is -2.31. The van der Waals surface area contributed by atoms with Crippen LogP contribution >= 0.6 is 0 Å². The maximum absolute atomic E-state index is 5.71. The third-order valence-electron chi connectivity index (χ3n) is 2.45. The molecule has 2 N–H and O–H groups in total. The van der Waals surface area contributed by atoms with Crippen molar-refractivity contribution in [1.29, 1.82) is 0 Å². The summed E-state index contributed by atoms with van der Waals surface area (Å²) in [6.07, 6.45) is 0.479. The van der Waals surface area contributed by atoms with Gasteiger partial charge < -0.3 is 20.1 Å². The molecule has 2 aliphatic rings. The number of nitrogens with zero attached hydrogens (tertiary/aromatic N) is 1. The van der Waals surface area contributed by atoms with E-state index in [1.165, 1.54) is 0 Å². The molecule has 0 amide bonds. The zero-order valence-electron chi connectivity index (χ0n) is 7.40. The van der Waals surface area contributed by atoms with Crippen LogP contribution in [0, 0.1) is 0 Å². The standard InChI is InChI=1S/C8H16N2O2/c1-10-2-7-8(3-10)12-5-6(9)4-11-7/h6-8H,2-5,9H2,1H3/t7-,8-/m0/s1. The number of hydrogen-bond acceptors (Lipinski definition) is 4. The van der Waals surface area contributed by atoms with Gasteiger partial charge in [-0.05, 0) is 7.05 Å². The van der Waals surface area contributed by atoms with Crippen LogP contribution in [0.5, 0.6) is 0 Å². The molecule has 2 heterocycles. The molecule has 0 bridgehead atoms. The summed E-state index contributed by atoms with van der Waals surface area (Å²) in [4.78, 5) is 2.23. The van der Waals surface area contributed by atoms with E-state index in [1.807, 2.05) is 0 Å². The first-order chi connectivity index (χ1) is 5.75. The van der Waals surface area contributed by atoms with Gasteiger partial charge in [0.1, 0.15) is 0 Å². The quantitative estimate of drug-likeness (QED) is 0.511. The average Bonchev–Trinajstić information content (AvgIpc) is 2.31. The lowest BCUT2D eigenvalue weighted by molar-refractivity contribution is -0.00461. The van der Waals surface area contributed by atoms with Gasteiger partial charge in [-0.2, -0.15) is 0 Å². The van der Waals surface area contributed by atoms with Gasteiger partial charge in [0.25, 0.3) is 0 Å². The van der Waals surface area contributed by atoms with Crippen molar-refractivity contribution in [2.75, 3.05) is 33.4 Å². The van der Waals surface area contributed by atoms with Crippen molar-refractivity contribution in [3.8, 4) is 0 Å². The third kappa shape index (κ3) is 1.61. The zero-order valence-corrected chi connectivity index (χ0v) is 7.40. The van der Waals surface area contributed by atoms with Crippen molar-refractivity contribution < 1.29 is 9.47 Å². The lowest BCUT2D eigenvalue weighted by Gasteiger charge is -2.13. The molecule has 0 aromatic carbocycles. The Labute approximate surface area is 72.6 Å². The first kappa shape index (κ1) is 8.44. The minimum atomic E-state index is 0.0564. The average molecular weight is 172 g/mol. The molecule has 4 nitrogen and oxygen atoms in total. The predicted octanol–water partition coefficient (Wildman–Crippen LogP) is -0.957. The van der Waals surface area contributed by atoms with Crippen LogP contribution in [-0.2, 0) is 9.47 Å². The van der Waals surface area contributed by atoms with Gasteiger partial charge in [-0.25, -0.2) is 0 Å². The maximum atomic E-state index is 5.71. The molecule has 0 unspecified atom stereocenters. The number of fused-ring (bicyclic) bond motifs is 1. The Bertz CT molecular complexity index is 149. The molecule has 2 atom stereocenters. The lowest BCUT2D eigenvalue weighted by atomic mass is 10.3. The zero-order chi connectivity index (χ0) is 8.55. The second-order valence-electron chi connectivity index (χ2n) is 3.72. The monoisotopic (exact) mass is 172 g/mol. The van der Waals surface area contributed by atoms with Gasteiger partial charge >= 0.3 is 0 Å². The van der Waals surface area contributed by atoms with E-state index in [-0.39, 0.29) is 18.2 Å². The Morgan fingerprint density at radius 3 is 2.17 bits per heavy atom. The number of likely N-dealkylation sites (tertiary alicyclic amines) is 1. The van der Waals surface area contributed by atoms with E-state index in [9.17, 15) is 0 Å². The minimum Gasteiger partial charge on any atom is -0.372 e.